The second kappa shape index (κ2) is 7.37. The molecule has 0 aliphatic heterocycles. The quantitative estimate of drug-likeness (QED) is 0.898. The van der Waals surface area contributed by atoms with Crippen molar-refractivity contribution in [1.29, 1.82) is 0 Å². The van der Waals surface area contributed by atoms with E-state index in [1.807, 2.05) is 20.8 Å². The lowest BCUT2D eigenvalue weighted by molar-refractivity contribution is 0.627. The van der Waals surface area contributed by atoms with Crippen molar-refractivity contribution >= 4 is 5.95 Å². The van der Waals surface area contributed by atoms with Gasteiger partial charge in [0.15, 0.2) is 0 Å². The average molecular weight is 249 g/mol. The normalized spacial score (nSPS) is 9.33. The topological polar surface area (TPSA) is 37.8 Å². The van der Waals surface area contributed by atoms with Gasteiger partial charge in [0.1, 0.15) is 5.82 Å². The lowest BCUT2D eigenvalue weighted by Gasteiger charge is -2.04. The van der Waals surface area contributed by atoms with Crippen LogP contribution in [0.2, 0.25) is 0 Å². The lowest BCUT2D eigenvalue weighted by Crippen LogP contribution is -2.03. The summed E-state index contributed by atoms with van der Waals surface area (Å²) in [6.45, 7) is 6.52. The average Bonchev–Trinajstić information content (AvgIpc) is 2.42. The van der Waals surface area contributed by atoms with Gasteiger partial charge in [0, 0.05) is 20.4 Å². The van der Waals surface area contributed by atoms with Crippen molar-refractivity contribution in [2.24, 2.45) is 0 Å². The van der Waals surface area contributed by atoms with Crippen molar-refractivity contribution in [1.82, 2.24) is 9.97 Å². The van der Waals surface area contributed by atoms with Crippen molar-refractivity contribution in [2.45, 2.75) is 27.3 Å². The number of hydrogen-bond acceptors (Lipinski definition) is 3. The monoisotopic (exact) mass is 249 g/mol. The summed E-state index contributed by atoms with van der Waals surface area (Å²) in [6, 6.07) is 6.34. The van der Waals surface area contributed by atoms with Crippen LogP contribution in [-0.2, 0) is 6.54 Å². The van der Waals surface area contributed by atoms with E-state index in [2.05, 4.69) is 15.3 Å². The Kier molecular flexibility index (Phi) is 5.77. The van der Waals surface area contributed by atoms with Gasteiger partial charge < -0.3 is 5.32 Å². The molecule has 2 rings (SSSR count). The molecule has 0 aliphatic carbocycles. The molecule has 0 amide bonds. The summed E-state index contributed by atoms with van der Waals surface area (Å²) < 4.78 is 12.6. The molecular formula is C14H20FN3. The van der Waals surface area contributed by atoms with Gasteiger partial charge in [-0.1, -0.05) is 26.0 Å². The molecule has 1 aromatic heterocycles. The predicted molar refractivity (Wildman–Crippen MR) is 74.0 cm³/mol. The Labute approximate surface area is 109 Å². The molecule has 0 saturated carbocycles. The third-order valence-electron chi connectivity index (χ3n) is 2.14. The van der Waals surface area contributed by atoms with Gasteiger partial charge in [-0.15, -0.1) is 0 Å². The number of rotatable bonds is 3. The molecule has 1 heterocycles. The second-order valence-electron chi connectivity index (χ2n) is 3.56. The van der Waals surface area contributed by atoms with Crippen molar-refractivity contribution in [3.8, 4) is 0 Å². The van der Waals surface area contributed by atoms with Gasteiger partial charge in [0.05, 0.1) is 0 Å². The van der Waals surface area contributed by atoms with Gasteiger partial charge in [0.2, 0.25) is 5.95 Å². The van der Waals surface area contributed by atoms with Gasteiger partial charge in [-0.25, -0.2) is 14.4 Å². The molecule has 3 nitrogen and oxygen atoms in total. The Hall–Kier alpha value is -1.97. The first kappa shape index (κ1) is 14.1. The van der Waals surface area contributed by atoms with Crippen molar-refractivity contribution < 1.29 is 5.82 Å². The minimum atomic E-state index is -0.227. The van der Waals surface area contributed by atoms with Gasteiger partial charge in [0.25, 0.3) is 0 Å². The number of halogens is 1. The molecule has 98 valence electrons. The van der Waals surface area contributed by atoms with E-state index in [4.69, 9.17) is 0 Å². The molecule has 2 aromatic rings. The van der Waals surface area contributed by atoms with Crippen molar-refractivity contribution in [3.05, 3.63) is 53.6 Å². The SMILES string of the molecule is CC.Cc1cnc(NCc2ccc(F)cc2)nc1.[HH]. The van der Waals surface area contributed by atoms with Crippen LogP contribution in [0.1, 0.15) is 26.4 Å². The molecule has 4 heteroatoms. The molecule has 0 fully saturated rings. The first-order chi connectivity index (χ1) is 8.74. The van der Waals surface area contributed by atoms with E-state index >= 15 is 0 Å². The third-order valence-corrected chi connectivity index (χ3v) is 2.14. The predicted octanol–water partition coefficient (Wildman–Crippen LogP) is 3.81. The largest absolute Gasteiger partial charge is 0.350 e. The van der Waals surface area contributed by atoms with E-state index in [0.29, 0.717) is 12.5 Å². The summed E-state index contributed by atoms with van der Waals surface area (Å²) in [5.74, 6) is 0.352. The van der Waals surface area contributed by atoms with Crippen molar-refractivity contribution in [3.63, 3.8) is 0 Å². The first-order valence-electron chi connectivity index (χ1n) is 6.01. The van der Waals surface area contributed by atoms with Crippen LogP contribution in [-0.4, -0.2) is 9.97 Å². The maximum absolute atomic E-state index is 12.6. The molecular weight excluding hydrogens is 229 g/mol. The summed E-state index contributed by atoms with van der Waals surface area (Å²) in [7, 11) is 0. The van der Waals surface area contributed by atoms with Crippen LogP contribution in [0, 0.1) is 12.7 Å². The van der Waals surface area contributed by atoms with Crippen LogP contribution in [0.25, 0.3) is 0 Å². The smallest absolute Gasteiger partial charge is 0.222 e. The summed E-state index contributed by atoms with van der Waals surface area (Å²) in [6.07, 6.45) is 3.50. The number of aryl methyl sites for hydroxylation is 1. The summed E-state index contributed by atoms with van der Waals surface area (Å²) in [5.41, 5.74) is 2.01. The molecule has 0 bridgehead atoms. The number of nitrogens with one attached hydrogen (secondary N) is 1. The number of aromatic nitrogens is 2. The Morgan fingerprint density at radius 3 is 2.22 bits per heavy atom. The fraction of sp³-hybridized carbons (Fsp3) is 0.286. The fourth-order valence-electron chi connectivity index (χ4n) is 1.27. The zero-order valence-corrected chi connectivity index (χ0v) is 10.9. The summed E-state index contributed by atoms with van der Waals surface area (Å²) in [4.78, 5) is 8.23. The fourth-order valence-corrected chi connectivity index (χ4v) is 1.27. The second-order valence-corrected chi connectivity index (χ2v) is 3.56. The molecule has 1 aromatic carbocycles. The minimum Gasteiger partial charge on any atom is -0.350 e. The number of anilines is 1. The van der Waals surface area contributed by atoms with Crippen molar-refractivity contribution in [2.75, 3.05) is 5.32 Å². The summed E-state index contributed by atoms with van der Waals surface area (Å²) in [5, 5.41) is 3.06. The standard InChI is InChI=1S/C12H12FN3.C2H6.H2/c1-9-6-14-12(15-7-9)16-8-10-2-4-11(13)5-3-10;1-2;/h2-7H,8H2,1H3,(H,14,15,16);1-2H3;1H. The maximum Gasteiger partial charge on any atom is 0.222 e. The highest BCUT2D eigenvalue weighted by molar-refractivity contribution is 5.27. The Morgan fingerprint density at radius 1 is 1.11 bits per heavy atom. The van der Waals surface area contributed by atoms with Crippen LogP contribution in [0.5, 0.6) is 0 Å². The number of nitrogens with zero attached hydrogens (tertiary/aromatic N) is 2. The van der Waals surface area contributed by atoms with E-state index in [1.165, 1.54) is 12.1 Å². The highest BCUT2D eigenvalue weighted by Gasteiger charge is 1.96. The molecule has 0 saturated heterocycles. The number of hydrogen-bond donors (Lipinski definition) is 1. The van der Waals surface area contributed by atoms with Crippen LogP contribution < -0.4 is 5.32 Å². The Balaban J connectivity index is 0.00000103. The molecule has 0 unspecified atom stereocenters. The van der Waals surface area contributed by atoms with Crippen LogP contribution in [0.3, 0.4) is 0 Å². The molecule has 18 heavy (non-hydrogen) atoms. The first-order valence-corrected chi connectivity index (χ1v) is 6.01. The molecule has 0 spiro atoms. The van der Waals surface area contributed by atoms with E-state index in [1.54, 1.807) is 24.5 Å². The molecule has 0 atom stereocenters. The minimum absolute atomic E-state index is 0. The highest BCUT2D eigenvalue weighted by atomic mass is 19.1. The highest BCUT2D eigenvalue weighted by Crippen LogP contribution is 2.05. The molecule has 1 N–H and O–H groups in total. The van der Waals surface area contributed by atoms with E-state index < -0.39 is 0 Å². The molecule has 0 aliphatic rings. The maximum atomic E-state index is 12.6. The van der Waals surface area contributed by atoms with Gasteiger partial charge >= 0.3 is 0 Å². The van der Waals surface area contributed by atoms with Gasteiger partial charge in [-0.2, -0.15) is 0 Å². The Morgan fingerprint density at radius 2 is 1.67 bits per heavy atom. The zero-order valence-electron chi connectivity index (χ0n) is 10.9. The van der Waals surface area contributed by atoms with Crippen LogP contribution in [0.15, 0.2) is 36.7 Å². The Bertz CT molecular complexity index is 412. The van der Waals surface area contributed by atoms with Crippen LogP contribution in [0.4, 0.5) is 10.3 Å². The van der Waals surface area contributed by atoms with Gasteiger partial charge in [-0.3, -0.25) is 0 Å². The summed E-state index contributed by atoms with van der Waals surface area (Å²) >= 11 is 0. The zero-order chi connectivity index (χ0) is 13.4. The van der Waals surface area contributed by atoms with Gasteiger partial charge in [-0.05, 0) is 30.2 Å². The number of benzene rings is 1. The third kappa shape index (κ3) is 4.49. The van der Waals surface area contributed by atoms with E-state index in [0.717, 1.165) is 11.1 Å². The van der Waals surface area contributed by atoms with Crippen LogP contribution >= 0.6 is 0 Å². The lowest BCUT2D eigenvalue weighted by atomic mass is 10.2. The molecule has 0 radical (unpaired) electrons. The van der Waals surface area contributed by atoms with E-state index in [-0.39, 0.29) is 7.24 Å². The van der Waals surface area contributed by atoms with E-state index in [9.17, 15) is 4.39 Å².